The number of hydrogen-bond acceptors (Lipinski definition) is 2. The predicted molar refractivity (Wildman–Crippen MR) is 79.2 cm³/mol. The predicted octanol–water partition coefficient (Wildman–Crippen LogP) is 3.25. The van der Waals surface area contributed by atoms with E-state index in [1.165, 1.54) is 6.42 Å². The van der Waals surface area contributed by atoms with E-state index in [4.69, 9.17) is 0 Å². The number of rotatable bonds is 3. The Morgan fingerprint density at radius 1 is 1.30 bits per heavy atom. The Morgan fingerprint density at radius 3 is 2.60 bits per heavy atom. The summed E-state index contributed by atoms with van der Waals surface area (Å²) in [6.07, 6.45) is 10.0. The summed E-state index contributed by atoms with van der Waals surface area (Å²) in [5, 5.41) is 20.6. The average molecular weight is 278 g/mol. The quantitative estimate of drug-likeness (QED) is 0.833. The number of carboxylic acids is 1. The van der Waals surface area contributed by atoms with Crippen LogP contribution in [0.5, 0.6) is 0 Å². The lowest BCUT2D eigenvalue weighted by atomic mass is 9.60. The molecule has 1 fully saturated rings. The lowest BCUT2D eigenvalue weighted by Crippen LogP contribution is -2.52. The molecule has 2 aliphatic carbocycles. The highest BCUT2D eigenvalue weighted by Gasteiger charge is 2.50. The largest absolute Gasteiger partial charge is 0.481 e. The highest BCUT2D eigenvalue weighted by Crippen LogP contribution is 2.47. The molecule has 0 spiro atoms. The fraction of sp³-hybridized carbons (Fsp3) is 0.706. The summed E-state index contributed by atoms with van der Waals surface area (Å²) in [6, 6.07) is 0. The van der Waals surface area contributed by atoms with Crippen molar-refractivity contribution in [2.24, 2.45) is 29.6 Å². The van der Waals surface area contributed by atoms with Crippen LogP contribution >= 0.6 is 0 Å². The first-order valence-corrected chi connectivity index (χ1v) is 7.67. The van der Waals surface area contributed by atoms with Crippen molar-refractivity contribution in [3.8, 4) is 0 Å². The minimum atomic E-state index is -1.25. The third-order valence-corrected chi connectivity index (χ3v) is 5.16. The molecule has 3 heteroatoms. The summed E-state index contributed by atoms with van der Waals surface area (Å²) in [4.78, 5) is 11.5. The molecule has 0 aromatic rings. The highest BCUT2D eigenvalue weighted by atomic mass is 16.4. The third-order valence-electron chi connectivity index (χ3n) is 5.16. The first-order valence-electron chi connectivity index (χ1n) is 7.67. The molecular formula is C17H26O3. The number of hydrogen-bond donors (Lipinski definition) is 2. The molecule has 1 saturated carbocycles. The Hall–Kier alpha value is -1.09. The average Bonchev–Trinajstić information content (AvgIpc) is 2.38. The monoisotopic (exact) mass is 278 g/mol. The van der Waals surface area contributed by atoms with Crippen LogP contribution < -0.4 is 0 Å². The van der Waals surface area contributed by atoms with Gasteiger partial charge in [-0.15, -0.1) is 0 Å². The molecule has 2 rings (SSSR count). The van der Waals surface area contributed by atoms with Gasteiger partial charge in [-0.05, 0) is 36.5 Å². The standard InChI is InChI=1S/C17H26O3/c1-11(2)13-8-7-12(3)10-15(13)17(20)9-5-4-6-14(17)16(18)19/h4-6,9,11-15,20H,7-8,10H2,1-3H3,(H,18,19). The van der Waals surface area contributed by atoms with Crippen LogP contribution in [0.2, 0.25) is 0 Å². The van der Waals surface area contributed by atoms with E-state index >= 15 is 0 Å². The van der Waals surface area contributed by atoms with Crippen LogP contribution in [0.4, 0.5) is 0 Å². The van der Waals surface area contributed by atoms with Crippen LogP contribution in [0.3, 0.4) is 0 Å². The van der Waals surface area contributed by atoms with Crippen molar-refractivity contribution in [1.29, 1.82) is 0 Å². The zero-order valence-electron chi connectivity index (χ0n) is 12.6. The number of aliphatic hydroxyl groups is 1. The molecule has 5 unspecified atom stereocenters. The number of aliphatic carboxylic acids is 1. The summed E-state index contributed by atoms with van der Waals surface area (Å²) in [5.41, 5.74) is -1.25. The summed E-state index contributed by atoms with van der Waals surface area (Å²) in [7, 11) is 0. The maximum absolute atomic E-state index is 11.5. The second kappa shape index (κ2) is 5.72. The van der Waals surface area contributed by atoms with Gasteiger partial charge in [0.15, 0.2) is 0 Å². The van der Waals surface area contributed by atoms with Crippen molar-refractivity contribution in [3.63, 3.8) is 0 Å². The molecule has 2 aliphatic rings. The van der Waals surface area contributed by atoms with E-state index in [-0.39, 0.29) is 5.92 Å². The summed E-state index contributed by atoms with van der Waals surface area (Å²) < 4.78 is 0. The molecule has 0 aromatic heterocycles. The smallest absolute Gasteiger partial charge is 0.313 e. The highest BCUT2D eigenvalue weighted by molar-refractivity contribution is 5.75. The molecule has 3 nitrogen and oxygen atoms in total. The Balaban J connectivity index is 2.35. The van der Waals surface area contributed by atoms with Gasteiger partial charge in [-0.2, -0.15) is 0 Å². The molecule has 2 N–H and O–H groups in total. The molecule has 0 bridgehead atoms. The minimum Gasteiger partial charge on any atom is -0.481 e. The molecule has 0 heterocycles. The van der Waals surface area contributed by atoms with Crippen LogP contribution in [0, 0.1) is 29.6 Å². The van der Waals surface area contributed by atoms with Gasteiger partial charge in [0.25, 0.3) is 0 Å². The molecule has 0 radical (unpaired) electrons. The van der Waals surface area contributed by atoms with Crippen LogP contribution in [-0.2, 0) is 4.79 Å². The van der Waals surface area contributed by atoms with Crippen LogP contribution in [0.25, 0.3) is 0 Å². The van der Waals surface area contributed by atoms with E-state index < -0.39 is 17.5 Å². The van der Waals surface area contributed by atoms with Crippen LogP contribution in [0.15, 0.2) is 24.3 Å². The second-order valence-electron chi connectivity index (χ2n) is 6.88. The fourth-order valence-corrected chi connectivity index (χ4v) is 4.01. The van der Waals surface area contributed by atoms with E-state index in [0.29, 0.717) is 17.8 Å². The molecule has 0 aromatic carbocycles. The van der Waals surface area contributed by atoms with Crippen molar-refractivity contribution >= 4 is 5.97 Å². The van der Waals surface area contributed by atoms with Crippen molar-refractivity contribution in [2.45, 2.75) is 45.6 Å². The van der Waals surface area contributed by atoms with E-state index in [2.05, 4.69) is 20.8 Å². The lowest BCUT2D eigenvalue weighted by molar-refractivity contribution is -0.152. The van der Waals surface area contributed by atoms with Crippen LogP contribution in [0.1, 0.15) is 40.0 Å². The normalized spacial score (nSPS) is 41.0. The maximum atomic E-state index is 11.5. The van der Waals surface area contributed by atoms with Gasteiger partial charge >= 0.3 is 5.97 Å². The lowest BCUT2D eigenvalue weighted by Gasteiger charge is -2.47. The SMILES string of the molecule is CC1CCC(C(C)C)C(C2(O)C=CC=CC2C(=O)O)C1. The Morgan fingerprint density at radius 2 is 2.00 bits per heavy atom. The molecule has 0 saturated heterocycles. The zero-order chi connectivity index (χ0) is 14.9. The van der Waals surface area contributed by atoms with Crippen LogP contribution in [-0.4, -0.2) is 21.8 Å². The van der Waals surface area contributed by atoms with Gasteiger partial charge in [-0.25, -0.2) is 0 Å². The van der Waals surface area contributed by atoms with E-state index in [1.54, 1.807) is 24.3 Å². The molecule has 5 atom stereocenters. The van der Waals surface area contributed by atoms with Crippen molar-refractivity contribution < 1.29 is 15.0 Å². The molecule has 20 heavy (non-hydrogen) atoms. The second-order valence-corrected chi connectivity index (χ2v) is 6.88. The molecular weight excluding hydrogens is 252 g/mol. The zero-order valence-corrected chi connectivity index (χ0v) is 12.6. The topological polar surface area (TPSA) is 57.5 Å². The van der Waals surface area contributed by atoms with Gasteiger partial charge in [0, 0.05) is 0 Å². The van der Waals surface area contributed by atoms with E-state index in [1.807, 2.05) is 0 Å². The number of carbonyl (C=O) groups is 1. The number of carboxylic acid groups (broad SMARTS) is 1. The summed E-state index contributed by atoms with van der Waals surface area (Å²) in [5.74, 6) is -0.348. The van der Waals surface area contributed by atoms with Crippen molar-refractivity contribution in [3.05, 3.63) is 24.3 Å². The van der Waals surface area contributed by atoms with E-state index in [0.717, 1.165) is 12.8 Å². The van der Waals surface area contributed by atoms with Crippen molar-refractivity contribution in [1.82, 2.24) is 0 Å². The molecule has 0 aliphatic heterocycles. The first-order chi connectivity index (χ1) is 9.36. The first kappa shape index (κ1) is 15.3. The summed E-state index contributed by atoms with van der Waals surface area (Å²) >= 11 is 0. The van der Waals surface area contributed by atoms with Gasteiger partial charge < -0.3 is 10.2 Å². The Labute approximate surface area is 121 Å². The third kappa shape index (κ3) is 2.69. The Bertz CT molecular complexity index is 424. The summed E-state index contributed by atoms with van der Waals surface area (Å²) in [6.45, 7) is 6.55. The molecule has 112 valence electrons. The van der Waals surface area contributed by atoms with Crippen molar-refractivity contribution in [2.75, 3.05) is 0 Å². The van der Waals surface area contributed by atoms with Gasteiger partial charge in [-0.1, -0.05) is 51.5 Å². The Kier molecular flexibility index (Phi) is 4.38. The number of allylic oxidation sites excluding steroid dienone is 2. The fourth-order valence-electron chi connectivity index (χ4n) is 4.01. The van der Waals surface area contributed by atoms with Gasteiger partial charge in [0.1, 0.15) is 11.5 Å². The van der Waals surface area contributed by atoms with Gasteiger partial charge in [0.05, 0.1) is 0 Å². The van der Waals surface area contributed by atoms with Gasteiger partial charge in [0.2, 0.25) is 0 Å². The molecule has 0 amide bonds. The minimum absolute atomic E-state index is 0.0218. The maximum Gasteiger partial charge on any atom is 0.313 e. The van der Waals surface area contributed by atoms with Gasteiger partial charge in [-0.3, -0.25) is 4.79 Å². The van der Waals surface area contributed by atoms with E-state index in [9.17, 15) is 15.0 Å².